The smallest absolute Gasteiger partial charge is 0.367 e. The molecule has 0 radical (unpaired) electrons. The van der Waals surface area contributed by atoms with Gasteiger partial charge in [0.2, 0.25) is 17.1 Å². The van der Waals surface area contributed by atoms with E-state index in [1.165, 1.54) is 16.8 Å². The lowest BCUT2D eigenvalue weighted by atomic mass is 10.1. The van der Waals surface area contributed by atoms with E-state index in [-0.39, 0.29) is 46.0 Å². The van der Waals surface area contributed by atoms with Crippen LogP contribution < -0.4 is 10.3 Å². The van der Waals surface area contributed by atoms with Crippen LogP contribution in [0.5, 0.6) is 0 Å². The standard InChI is InChI=1S/C31H26F5N5O2/c1-39-9-11-40(12-10-39)27-16-26-22(15-25(27)33)29(42)23(30-37-28(43-38-30)13-19-5-3-2-4-6-19)18-41(26)17-20-7-8-21(14-24(20)32)31(34,35)36/h2-8,14-16,18H,9-13,17H2,1H3. The van der Waals surface area contributed by atoms with Gasteiger partial charge in [-0.25, -0.2) is 8.78 Å². The van der Waals surface area contributed by atoms with E-state index in [9.17, 15) is 22.4 Å². The lowest BCUT2D eigenvalue weighted by Crippen LogP contribution is -2.44. The zero-order valence-corrected chi connectivity index (χ0v) is 23.0. The fraction of sp³-hybridized carbons (Fsp3) is 0.258. The lowest BCUT2D eigenvalue weighted by Gasteiger charge is -2.34. The molecule has 0 N–H and O–H groups in total. The number of fused-ring (bicyclic) bond motifs is 1. The van der Waals surface area contributed by atoms with Gasteiger partial charge in [0.05, 0.1) is 35.3 Å². The number of anilines is 1. The quantitative estimate of drug-likeness (QED) is 0.234. The van der Waals surface area contributed by atoms with E-state index in [1.54, 1.807) is 0 Å². The number of benzene rings is 3. The molecule has 1 aliphatic heterocycles. The Morgan fingerprint density at radius 3 is 2.37 bits per heavy atom. The first kappa shape index (κ1) is 28.5. The number of pyridine rings is 1. The molecule has 222 valence electrons. The first-order valence-electron chi connectivity index (χ1n) is 13.6. The Bertz CT molecular complexity index is 1840. The fourth-order valence-corrected chi connectivity index (χ4v) is 5.22. The molecule has 1 fully saturated rings. The van der Waals surface area contributed by atoms with Crippen LogP contribution in [0.1, 0.15) is 22.6 Å². The Balaban J connectivity index is 1.46. The maximum atomic E-state index is 15.5. The van der Waals surface area contributed by atoms with Gasteiger partial charge < -0.3 is 18.9 Å². The third kappa shape index (κ3) is 5.87. The summed E-state index contributed by atoms with van der Waals surface area (Å²) >= 11 is 0. The van der Waals surface area contributed by atoms with E-state index in [4.69, 9.17) is 4.52 Å². The van der Waals surface area contributed by atoms with Gasteiger partial charge in [0.15, 0.2) is 0 Å². The SMILES string of the molecule is CN1CCN(c2cc3c(cc2F)c(=O)c(-c2noc(Cc4ccccc4)n2)cn3Cc2ccc(C(F)(F)F)cc2F)CC1. The average molecular weight is 596 g/mol. The highest BCUT2D eigenvalue weighted by atomic mass is 19.4. The zero-order chi connectivity index (χ0) is 30.3. The van der Waals surface area contributed by atoms with Crippen molar-refractivity contribution >= 4 is 16.6 Å². The van der Waals surface area contributed by atoms with Crippen molar-refractivity contribution in [3.63, 3.8) is 0 Å². The Morgan fingerprint density at radius 2 is 1.67 bits per heavy atom. The predicted octanol–water partition coefficient (Wildman–Crippen LogP) is 5.74. The number of aromatic nitrogens is 3. The molecule has 1 saturated heterocycles. The van der Waals surface area contributed by atoms with Crippen LogP contribution in [0.2, 0.25) is 0 Å². The van der Waals surface area contributed by atoms with E-state index < -0.39 is 28.8 Å². The fourth-order valence-electron chi connectivity index (χ4n) is 5.22. The van der Waals surface area contributed by atoms with Crippen LogP contribution in [0.3, 0.4) is 0 Å². The molecule has 0 saturated carbocycles. The Labute approximate surface area is 242 Å². The van der Waals surface area contributed by atoms with Crippen molar-refractivity contribution in [1.29, 1.82) is 0 Å². The minimum atomic E-state index is -4.71. The number of alkyl halides is 3. The monoisotopic (exact) mass is 595 g/mol. The molecule has 3 heterocycles. The molecule has 7 nitrogen and oxygen atoms in total. The van der Waals surface area contributed by atoms with Crippen molar-refractivity contribution in [2.45, 2.75) is 19.1 Å². The predicted molar refractivity (Wildman–Crippen MR) is 151 cm³/mol. The highest BCUT2D eigenvalue weighted by molar-refractivity contribution is 5.86. The summed E-state index contributed by atoms with van der Waals surface area (Å²) in [6.45, 7) is 2.30. The molecule has 0 bridgehead atoms. The summed E-state index contributed by atoms with van der Waals surface area (Å²) in [6.07, 6.45) is -2.98. The van der Waals surface area contributed by atoms with Crippen LogP contribution in [-0.2, 0) is 19.1 Å². The minimum Gasteiger partial charge on any atom is -0.367 e. The second-order valence-corrected chi connectivity index (χ2v) is 10.6. The number of halogens is 5. The largest absolute Gasteiger partial charge is 0.416 e. The van der Waals surface area contributed by atoms with Crippen molar-refractivity contribution < 1.29 is 26.5 Å². The van der Waals surface area contributed by atoms with Gasteiger partial charge in [-0.1, -0.05) is 41.6 Å². The summed E-state index contributed by atoms with van der Waals surface area (Å²) in [5.41, 5.74) is -0.270. The first-order chi connectivity index (χ1) is 20.6. The normalized spacial score (nSPS) is 14.5. The molecule has 12 heteroatoms. The molecule has 1 aliphatic rings. The van der Waals surface area contributed by atoms with Gasteiger partial charge in [0, 0.05) is 43.3 Å². The number of hydrogen-bond donors (Lipinski definition) is 0. The molecule has 0 unspecified atom stereocenters. The van der Waals surface area contributed by atoms with Gasteiger partial charge in [0.1, 0.15) is 11.6 Å². The summed E-state index contributed by atoms with van der Waals surface area (Å²) in [5, 5.41) is 3.96. The molecular formula is C31H26F5N5O2. The van der Waals surface area contributed by atoms with Crippen LogP contribution in [0.15, 0.2) is 76.2 Å². The van der Waals surface area contributed by atoms with Gasteiger partial charge >= 0.3 is 6.18 Å². The first-order valence-corrected chi connectivity index (χ1v) is 13.6. The van der Waals surface area contributed by atoms with Crippen LogP contribution in [0.4, 0.5) is 27.6 Å². The molecule has 3 aromatic carbocycles. The highest BCUT2D eigenvalue weighted by Gasteiger charge is 2.31. The summed E-state index contributed by atoms with van der Waals surface area (Å²) in [6, 6.07) is 14.3. The van der Waals surface area contributed by atoms with Crippen molar-refractivity contribution in [3.8, 4) is 11.4 Å². The van der Waals surface area contributed by atoms with E-state index in [1.807, 2.05) is 42.3 Å². The zero-order valence-electron chi connectivity index (χ0n) is 23.0. The molecular weight excluding hydrogens is 569 g/mol. The van der Waals surface area contributed by atoms with E-state index >= 15 is 4.39 Å². The highest BCUT2D eigenvalue weighted by Crippen LogP contribution is 2.32. The van der Waals surface area contributed by atoms with Crippen molar-refractivity contribution in [1.82, 2.24) is 19.6 Å². The Morgan fingerprint density at radius 1 is 0.930 bits per heavy atom. The average Bonchev–Trinajstić information content (AvgIpc) is 3.44. The maximum Gasteiger partial charge on any atom is 0.416 e. The summed E-state index contributed by atoms with van der Waals surface area (Å²) < 4.78 is 76.9. The van der Waals surface area contributed by atoms with E-state index in [0.29, 0.717) is 38.7 Å². The van der Waals surface area contributed by atoms with Crippen LogP contribution in [-0.4, -0.2) is 52.8 Å². The van der Waals surface area contributed by atoms with E-state index in [0.717, 1.165) is 23.8 Å². The number of rotatable bonds is 6. The number of piperazine rings is 1. The molecule has 5 aromatic rings. The van der Waals surface area contributed by atoms with Crippen LogP contribution in [0.25, 0.3) is 22.3 Å². The van der Waals surface area contributed by atoms with Gasteiger partial charge in [-0.15, -0.1) is 0 Å². The summed E-state index contributed by atoms with van der Waals surface area (Å²) in [7, 11) is 1.97. The van der Waals surface area contributed by atoms with Gasteiger partial charge in [-0.3, -0.25) is 4.79 Å². The van der Waals surface area contributed by atoms with Gasteiger partial charge in [0.25, 0.3) is 0 Å². The van der Waals surface area contributed by atoms with Crippen molar-refractivity contribution in [3.05, 3.63) is 111 Å². The van der Waals surface area contributed by atoms with Crippen LogP contribution in [0, 0.1) is 11.6 Å². The molecule has 0 aliphatic carbocycles. The maximum absolute atomic E-state index is 15.5. The number of nitrogens with zero attached hydrogens (tertiary/aromatic N) is 5. The molecule has 43 heavy (non-hydrogen) atoms. The third-order valence-electron chi connectivity index (χ3n) is 7.62. The van der Waals surface area contributed by atoms with Crippen molar-refractivity contribution in [2.75, 3.05) is 38.1 Å². The molecule has 0 amide bonds. The van der Waals surface area contributed by atoms with Crippen molar-refractivity contribution in [2.24, 2.45) is 0 Å². The minimum absolute atomic E-state index is 0.00499. The molecule has 0 atom stereocenters. The lowest BCUT2D eigenvalue weighted by molar-refractivity contribution is -0.137. The molecule has 6 rings (SSSR count). The van der Waals surface area contributed by atoms with Gasteiger partial charge in [-0.05, 0) is 36.9 Å². The number of likely N-dealkylation sites (N-methyl/N-ethyl adjacent to an activating group) is 1. The van der Waals surface area contributed by atoms with E-state index in [2.05, 4.69) is 15.0 Å². The molecule has 0 spiro atoms. The third-order valence-corrected chi connectivity index (χ3v) is 7.62. The molecule has 2 aromatic heterocycles. The topological polar surface area (TPSA) is 67.4 Å². The Hall–Kier alpha value is -4.58. The van der Waals surface area contributed by atoms with Crippen LogP contribution >= 0.6 is 0 Å². The second kappa shape index (κ2) is 11.3. The second-order valence-electron chi connectivity index (χ2n) is 10.6. The summed E-state index contributed by atoms with van der Waals surface area (Å²) in [5.74, 6) is -1.45. The number of hydrogen-bond acceptors (Lipinski definition) is 6. The van der Waals surface area contributed by atoms with Gasteiger partial charge in [-0.2, -0.15) is 18.2 Å². The Kier molecular flexibility index (Phi) is 7.47. The summed E-state index contributed by atoms with van der Waals surface area (Å²) in [4.78, 5) is 22.0.